The van der Waals surface area contributed by atoms with Gasteiger partial charge in [0, 0.05) is 29.6 Å². The maximum atomic E-state index is 13.9. The molecule has 0 aliphatic rings. The van der Waals surface area contributed by atoms with Gasteiger partial charge in [-0.05, 0) is 68.5 Å². The molecule has 2 aromatic carbocycles. The topological polar surface area (TPSA) is 125 Å². The van der Waals surface area contributed by atoms with Gasteiger partial charge in [0.15, 0.2) is 5.69 Å². The zero-order chi connectivity index (χ0) is 28.7. The Morgan fingerprint density at radius 2 is 1.77 bits per heavy atom. The molecular formula is C29H37FN3NaO6. The van der Waals surface area contributed by atoms with Crippen LogP contribution in [0, 0.1) is 5.82 Å². The number of halogens is 1. The van der Waals surface area contributed by atoms with Crippen molar-refractivity contribution >= 4 is 47.1 Å². The van der Waals surface area contributed by atoms with E-state index in [0.717, 1.165) is 0 Å². The van der Waals surface area contributed by atoms with Crippen molar-refractivity contribution in [1.29, 1.82) is 0 Å². The molecule has 0 aliphatic carbocycles. The molecule has 3 aromatic rings. The van der Waals surface area contributed by atoms with Crippen LogP contribution in [0.1, 0.15) is 67.7 Å². The summed E-state index contributed by atoms with van der Waals surface area (Å²) >= 11 is 0. The standard InChI is InChI=1S/C29H36FN3O6.Na.H/c1-5-32(21-7-6-8-24(15-21)39-4)29(38)28-27(18(2)3)25(14-13-22(34)16-23(35)17-26(36)37)33(31-28)20-11-9-19(30)10-12-20;;/h6-12,15,18,22-23,34-35H,5,13-14,16-17H2,1-4H3,(H,36,37);;/t22-,23-;;/m1../s1. The summed E-state index contributed by atoms with van der Waals surface area (Å²) < 4.78 is 20.6. The van der Waals surface area contributed by atoms with Crippen LogP contribution in [0.15, 0.2) is 48.5 Å². The number of ether oxygens (including phenoxy) is 1. The van der Waals surface area contributed by atoms with E-state index in [4.69, 9.17) is 14.9 Å². The summed E-state index contributed by atoms with van der Waals surface area (Å²) in [4.78, 5) is 26.4. The number of rotatable bonds is 13. The van der Waals surface area contributed by atoms with Gasteiger partial charge in [-0.15, -0.1) is 0 Å². The number of anilines is 1. The van der Waals surface area contributed by atoms with Crippen molar-refractivity contribution < 1.29 is 34.0 Å². The summed E-state index contributed by atoms with van der Waals surface area (Å²) in [5.41, 5.74) is 2.82. The second-order valence-corrected chi connectivity index (χ2v) is 9.68. The second kappa shape index (κ2) is 15.3. The average molecular weight is 566 g/mol. The summed E-state index contributed by atoms with van der Waals surface area (Å²) in [7, 11) is 1.56. The fraction of sp³-hybridized carbons (Fsp3) is 0.414. The van der Waals surface area contributed by atoms with E-state index in [-0.39, 0.29) is 66.3 Å². The molecule has 11 heteroatoms. The molecule has 1 aromatic heterocycles. The fourth-order valence-corrected chi connectivity index (χ4v) is 4.64. The number of amides is 1. The molecule has 40 heavy (non-hydrogen) atoms. The molecule has 0 saturated heterocycles. The minimum atomic E-state index is -1.18. The first-order valence-electron chi connectivity index (χ1n) is 13.0. The summed E-state index contributed by atoms with van der Waals surface area (Å²) in [6.45, 7) is 6.13. The molecule has 0 unspecified atom stereocenters. The number of methoxy groups -OCH3 is 1. The van der Waals surface area contributed by atoms with Crippen LogP contribution in [0.4, 0.5) is 10.1 Å². The SMILES string of the molecule is CCN(C(=O)c1nn(-c2ccc(F)cc2)c(CC[C@@H](O)C[C@@H](O)CC(=O)O)c1C(C)C)c1cccc(OC)c1.[NaH]. The normalized spacial score (nSPS) is 12.5. The number of carbonyl (C=O) groups is 2. The predicted molar refractivity (Wildman–Crippen MR) is 152 cm³/mol. The van der Waals surface area contributed by atoms with E-state index in [1.165, 1.54) is 12.1 Å². The molecule has 0 aliphatic heterocycles. The van der Waals surface area contributed by atoms with Crippen molar-refractivity contribution in [2.24, 2.45) is 0 Å². The van der Waals surface area contributed by atoms with Crippen molar-refractivity contribution in [3.05, 3.63) is 71.3 Å². The fourth-order valence-electron chi connectivity index (χ4n) is 4.64. The maximum absolute atomic E-state index is 13.9. The van der Waals surface area contributed by atoms with Crippen LogP contribution in [0.3, 0.4) is 0 Å². The molecular weight excluding hydrogens is 528 g/mol. The van der Waals surface area contributed by atoms with Crippen LogP contribution in [0.2, 0.25) is 0 Å². The van der Waals surface area contributed by atoms with E-state index in [2.05, 4.69) is 0 Å². The molecule has 0 spiro atoms. The van der Waals surface area contributed by atoms with Crippen molar-refractivity contribution in [3.63, 3.8) is 0 Å². The number of carbonyl (C=O) groups excluding carboxylic acids is 1. The molecule has 0 saturated carbocycles. The minimum absolute atomic E-state index is 0. The quantitative estimate of drug-likeness (QED) is 0.270. The molecule has 3 N–H and O–H groups in total. The van der Waals surface area contributed by atoms with E-state index in [1.807, 2.05) is 26.8 Å². The van der Waals surface area contributed by atoms with Gasteiger partial charge in [-0.2, -0.15) is 5.10 Å². The van der Waals surface area contributed by atoms with E-state index in [9.17, 15) is 24.2 Å². The summed E-state index contributed by atoms with van der Waals surface area (Å²) in [5.74, 6) is -1.38. The monoisotopic (exact) mass is 565 g/mol. The number of carboxylic acid groups (broad SMARTS) is 1. The van der Waals surface area contributed by atoms with Gasteiger partial charge in [-0.1, -0.05) is 19.9 Å². The van der Waals surface area contributed by atoms with Crippen molar-refractivity contribution in [2.75, 3.05) is 18.6 Å². The average Bonchev–Trinajstić information content (AvgIpc) is 3.27. The number of carboxylic acids is 1. The molecule has 1 heterocycles. The number of aromatic nitrogens is 2. The first-order chi connectivity index (χ1) is 18.5. The number of benzene rings is 2. The van der Waals surface area contributed by atoms with Gasteiger partial charge in [-0.3, -0.25) is 9.59 Å². The Hall–Kier alpha value is -2.76. The third-order valence-electron chi connectivity index (χ3n) is 6.47. The molecule has 2 atom stereocenters. The number of hydrogen-bond acceptors (Lipinski definition) is 6. The molecule has 0 fully saturated rings. The van der Waals surface area contributed by atoms with Crippen LogP contribution in [0.25, 0.3) is 5.69 Å². The zero-order valence-electron chi connectivity index (χ0n) is 22.7. The Labute approximate surface area is 255 Å². The Bertz CT molecular complexity index is 1280. The van der Waals surface area contributed by atoms with Gasteiger partial charge < -0.3 is 25.0 Å². The number of nitrogens with zero attached hydrogens (tertiary/aromatic N) is 3. The number of hydrogen-bond donors (Lipinski definition) is 3. The number of aliphatic hydroxyl groups excluding tert-OH is 2. The Morgan fingerprint density at radius 1 is 1.10 bits per heavy atom. The molecule has 212 valence electrons. The van der Waals surface area contributed by atoms with E-state index >= 15 is 0 Å². The summed E-state index contributed by atoms with van der Waals surface area (Å²) in [6.07, 6.45) is -2.22. The molecule has 0 bridgehead atoms. The number of aliphatic carboxylic acids is 1. The van der Waals surface area contributed by atoms with Crippen LogP contribution in [0.5, 0.6) is 5.75 Å². The van der Waals surface area contributed by atoms with Gasteiger partial charge in [0.2, 0.25) is 0 Å². The van der Waals surface area contributed by atoms with E-state index in [1.54, 1.807) is 47.0 Å². The van der Waals surface area contributed by atoms with Gasteiger partial charge in [-0.25, -0.2) is 9.07 Å². The molecule has 9 nitrogen and oxygen atoms in total. The van der Waals surface area contributed by atoms with Crippen LogP contribution in [-0.4, -0.2) is 92.4 Å². The second-order valence-electron chi connectivity index (χ2n) is 9.68. The van der Waals surface area contributed by atoms with Crippen molar-refractivity contribution in [3.8, 4) is 11.4 Å². The van der Waals surface area contributed by atoms with Crippen molar-refractivity contribution in [1.82, 2.24) is 9.78 Å². The molecule has 1 amide bonds. The van der Waals surface area contributed by atoms with Crippen molar-refractivity contribution in [2.45, 2.75) is 64.6 Å². The van der Waals surface area contributed by atoms with Gasteiger partial charge in [0.05, 0.1) is 31.4 Å². The summed E-state index contributed by atoms with van der Waals surface area (Å²) in [6, 6.07) is 12.9. The van der Waals surface area contributed by atoms with E-state index in [0.29, 0.717) is 34.9 Å². The zero-order valence-corrected chi connectivity index (χ0v) is 22.7. The Balaban J connectivity index is 0.00000560. The summed E-state index contributed by atoms with van der Waals surface area (Å²) in [5, 5.41) is 34.1. The van der Waals surface area contributed by atoms with Gasteiger partial charge in [0.25, 0.3) is 5.91 Å². The Morgan fingerprint density at radius 3 is 2.35 bits per heavy atom. The first-order valence-corrected chi connectivity index (χ1v) is 13.0. The first kappa shape index (κ1) is 33.4. The molecule has 3 rings (SSSR count). The van der Waals surface area contributed by atoms with E-state index < -0.39 is 30.4 Å². The third kappa shape index (κ3) is 8.37. The predicted octanol–water partition coefficient (Wildman–Crippen LogP) is 3.68. The number of aliphatic hydroxyl groups is 2. The third-order valence-corrected chi connectivity index (χ3v) is 6.47. The Kier molecular flexibility index (Phi) is 12.8. The van der Waals surface area contributed by atoms with Crippen LogP contribution in [-0.2, 0) is 11.2 Å². The van der Waals surface area contributed by atoms with Crippen LogP contribution >= 0.6 is 0 Å². The van der Waals surface area contributed by atoms with Gasteiger partial charge in [0.1, 0.15) is 11.6 Å². The van der Waals surface area contributed by atoms with Crippen LogP contribution < -0.4 is 9.64 Å². The van der Waals surface area contributed by atoms with Gasteiger partial charge >= 0.3 is 35.5 Å². The molecule has 0 radical (unpaired) electrons.